The van der Waals surface area contributed by atoms with E-state index < -0.39 is 0 Å². The SMILES string of the molecule is O=c1[nH]ncn1-c1ccc(CN2CCOCC2)cc1. The van der Waals surface area contributed by atoms with Gasteiger partial charge in [0.2, 0.25) is 0 Å². The molecule has 19 heavy (non-hydrogen) atoms. The third kappa shape index (κ3) is 2.74. The van der Waals surface area contributed by atoms with Crippen LogP contribution in [0.1, 0.15) is 5.56 Å². The zero-order valence-corrected chi connectivity index (χ0v) is 10.6. The Kier molecular flexibility index (Phi) is 3.43. The molecule has 1 aliphatic rings. The Hall–Kier alpha value is -1.92. The molecule has 1 aliphatic heterocycles. The van der Waals surface area contributed by atoms with Gasteiger partial charge in [-0.1, -0.05) is 12.1 Å². The smallest absolute Gasteiger partial charge is 0.347 e. The topological polar surface area (TPSA) is 63.2 Å². The van der Waals surface area contributed by atoms with Crippen LogP contribution in [0, 0.1) is 0 Å². The van der Waals surface area contributed by atoms with Crippen molar-refractivity contribution in [2.75, 3.05) is 26.3 Å². The monoisotopic (exact) mass is 260 g/mol. The summed E-state index contributed by atoms with van der Waals surface area (Å²) in [6.45, 7) is 4.49. The van der Waals surface area contributed by atoms with Gasteiger partial charge in [0, 0.05) is 19.6 Å². The van der Waals surface area contributed by atoms with Gasteiger partial charge < -0.3 is 4.74 Å². The molecule has 0 saturated carbocycles. The highest BCUT2D eigenvalue weighted by atomic mass is 16.5. The minimum Gasteiger partial charge on any atom is -0.379 e. The van der Waals surface area contributed by atoms with E-state index in [9.17, 15) is 4.79 Å². The first kappa shape index (κ1) is 12.1. The van der Waals surface area contributed by atoms with Crippen molar-refractivity contribution < 1.29 is 4.74 Å². The van der Waals surface area contributed by atoms with Crippen LogP contribution < -0.4 is 5.69 Å². The summed E-state index contributed by atoms with van der Waals surface area (Å²) in [5.41, 5.74) is 1.84. The number of benzene rings is 1. The quantitative estimate of drug-likeness (QED) is 0.867. The number of hydrogen-bond acceptors (Lipinski definition) is 4. The third-order valence-corrected chi connectivity index (χ3v) is 3.28. The van der Waals surface area contributed by atoms with Gasteiger partial charge in [0.1, 0.15) is 6.33 Å². The summed E-state index contributed by atoms with van der Waals surface area (Å²) in [5.74, 6) is 0. The average Bonchev–Trinajstić information content (AvgIpc) is 2.87. The molecule has 0 spiro atoms. The molecule has 2 aromatic rings. The molecule has 0 amide bonds. The maximum absolute atomic E-state index is 11.4. The number of aromatic amines is 1. The van der Waals surface area contributed by atoms with Gasteiger partial charge in [0.15, 0.2) is 0 Å². The lowest BCUT2D eigenvalue weighted by Crippen LogP contribution is -2.35. The predicted octanol–water partition coefficient (Wildman–Crippen LogP) is 0.393. The normalized spacial score (nSPS) is 16.6. The number of nitrogens with zero attached hydrogens (tertiary/aromatic N) is 3. The highest BCUT2D eigenvalue weighted by Gasteiger charge is 2.10. The van der Waals surface area contributed by atoms with Gasteiger partial charge in [-0.25, -0.2) is 14.5 Å². The summed E-state index contributed by atoms with van der Waals surface area (Å²) in [6.07, 6.45) is 1.49. The number of hydrogen-bond donors (Lipinski definition) is 1. The summed E-state index contributed by atoms with van der Waals surface area (Å²) in [6, 6.07) is 7.97. The van der Waals surface area contributed by atoms with Crippen LogP contribution >= 0.6 is 0 Å². The highest BCUT2D eigenvalue weighted by molar-refractivity contribution is 5.34. The molecular weight excluding hydrogens is 244 g/mol. The van der Waals surface area contributed by atoms with Crippen molar-refractivity contribution in [3.05, 3.63) is 46.6 Å². The van der Waals surface area contributed by atoms with Crippen molar-refractivity contribution in [1.82, 2.24) is 19.7 Å². The van der Waals surface area contributed by atoms with Crippen molar-refractivity contribution in [2.45, 2.75) is 6.54 Å². The molecule has 0 unspecified atom stereocenters. The van der Waals surface area contributed by atoms with Gasteiger partial charge in [0.05, 0.1) is 18.9 Å². The Balaban J connectivity index is 1.72. The Morgan fingerprint density at radius 3 is 2.58 bits per heavy atom. The maximum Gasteiger partial charge on any atom is 0.347 e. The Morgan fingerprint density at radius 1 is 1.21 bits per heavy atom. The lowest BCUT2D eigenvalue weighted by Gasteiger charge is -2.26. The molecule has 1 N–H and O–H groups in total. The number of aromatic nitrogens is 3. The van der Waals surface area contributed by atoms with Gasteiger partial charge in [-0.2, -0.15) is 5.10 Å². The minimum atomic E-state index is -0.221. The van der Waals surface area contributed by atoms with Crippen LogP contribution in [0.5, 0.6) is 0 Å². The minimum absolute atomic E-state index is 0.221. The first-order valence-corrected chi connectivity index (χ1v) is 6.34. The number of ether oxygens (including phenoxy) is 1. The molecule has 6 nitrogen and oxygen atoms in total. The predicted molar refractivity (Wildman–Crippen MR) is 70.3 cm³/mol. The third-order valence-electron chi connectivity index (χ3n) is 3.28. The first-order chi connectivity index (χ1) is 9.33. The fraction of sp³-hybridized carbons (Fsp3) is 0.385. The second-order valence-corrected chi connectivity index (χ2v) is 4.59. The molecule has 1 saturated heterocycles. The highest BCUT2D eigenvalue weighted by Crippen LogP contribution is 2.10. The zero-order chi connectivity index (χ0) is 13.1. The summed E-state index contributed by atoms with van der Waals surface area (Å²) in [7, 11) is 0. The molecule has 1 fully saturated rings. The van der Waals surface area contributed by atoms with Crippen LogP contribution in [0.25, 0.3) is 5.69 Å². The molecule has 1 aromatic heterocycles. The average molecular weight is 260 g/mol. The second kappa shape index (κ2) is 5.38. The Labute approximate surface area is 110 Å². The lowest BCUT2D eigenvalue weighted by molar-refractivity contribution is 0.0342. The van der Waals surface area contributed by atoms with Crippen LogP contribution in [0.4, 0.5) is 0 Å². The lowest BCUT2D eigenvalue weighted by atomic mass is 10.2. The molecular formula is C13H16N4O2. The Bertz CT molecular complexity index is 581. The number of H-pyrrole nitrogens is 1. The van der Waals surface area contributed by atoms with E-state index in [2.05, 4.69) is 15.1 Å². The van der Waals surface area contributed by atoms with Gasteiger partial charge in [-0.15, -0.1) is 0 Å². The second-order valence-electron chi connectivity index (χ2n) is 4.59. The van der Waals surface area contributed by atoms with Crippen LogP contribution in [-0.2, 0) is 11.3 Å². The summed E-state index contributed by atoms with van der Waals surface area (Å²) in [4.78, 5) is 13.8. The van der Waals surface area contributed by atoms with E-state index in [1.54, 1.807) is 0 Å². The molecule has 100 valence electrons. The largest absolute Gasteiger partial charge is 0.379 e. The van der Waals surface area contributed by atoms with Gasteiger partial charge in [-0.05, 0) is 17.7 Å². The summed E-state index contributed by atoms with van der Waals surface area (Å²) < 4.78 is 6.81. The molecule has 6 heteroatoms. The van der Waals surface area contributed by atoms with Crippen molar-refractivity contribution >= 4 is 0 Å². The van der Waals surface area contributed by atoms with E-state index in [0.717, 1.165) is 38.5 Å². The molecule has 3 rings (SSSR count). The van der Waals surface area contributed by atoms with E-state index in [4.69, 9.17) is 4.74 Å². The molecule has 0 bridgehead atoms. The first-order valence-electron chi connectivity index (χ1n) is 6.34. The van der Waals surface area contributed by atoms with Gasteiger partial charge >= 0.3 is 5.69 Å². The van der Waals surface area contributed by atoms with E-state index in [1.807, 2.05) is 24.3 Å². The fourth-order valence-corrected chi connectivity index (χ4v) is 2.21. The number of morpholine rings is 1. The van der Waals surface area contributed by atoms with Crippen molar-refractivity contribution in [2.24, 2.45) is 0 Å². The van der Waals surface area contributed by atoms with Gasteiger partial charge in [0.25, 0.3) is 0 Å². The van der Waals surface area contributed by atoms with E-state index in [1.165, 1.54) is 16.5 Å². The fourth-order valence-electron chi connectivity index (χ4n) is 2.21. The molecule has 0 atom stereocenters. The van der Waals surface area contributed by atoms with Crippen molar-refractivity contribution in [3.8, 4) is 5.69 Å². The summed E-state index contributed by atoms with van der Waals surface area (Å²) in [5, 5.41) is 6.10. The van der Waals surface area contributed by atoms with E-state index in [-0.39, 0.29) is 5.69 Å². The molecule has 0 aliphatic carbocycles. The van der Waals surface area contributed by atoms with Crippen LogP contribution in [0.15, 0.2) is 35.4 Å². The molecule has 0 radical (unpaired) electrons. The van der Waals surface area contributed by atoms with Crippen molar-refractivity contribution in [3.63, 3.8) is 0 Å². The van der Waals surface area contributed by atoms with E-state index >= 15 is 0 Å². The van der Waals surface area contributed by atoms with Crippen LogP contribution in [0.3, 0.4) is 0 Å². The van der Waals surface area contributed by atoms with Crippen LogP contribution in [0.2, 0.25) is 0 Å². The molecule has 2 heterocycles. The van der Waals surface area contributed by atoms with E-state index in [0.29, 0.717) is 0 Å². The molecule has 1 aromatic carbocycles. The van der Waals surface area contributed by atoms with Crippen molar-refractivity contribution in [1.29, 1.82) is 0 Å². The summed E-state index contributed by atoms with van der Waals surface area (Å²) >= 11 is 0. The number of rotatable bonds is 3. The maximum atomic E-state index is 11.4. The standard InChI is InChI=1S/C13H16N4O2/c18-13-15-14-10-17(13)12-3-1-11(2-4-12)9-16-5-7-19-8-6-16/h1-4,10H,5-9H2,(H,15,18). The van der Waals surface area contributed by atoms with Crippen LogP contribution in [-0.4, -0.2) is 46.0 Å². The number of nitrogens with one attached hydrogen (secondary N) is 1. The van der Waals surface area contributed by atoms with Gasteiger partial charge in [-0.3, -0.25) is 4.90 Å². The zero-order valence-electron chi connectivity index (χ0n) is 10.6. The Morgan fingerprint density at radius 2 is 1.95 bits per heavy atom.